The maximum atomic E-state index is 11.8. The molecule has 6 heteroatoms. The molecule has 2 aromatic carbocycles. The first kappa shape index (κ1) is 19.7. The molecule has 0 saturated carbocycles. The molecule has 0 atom stereocenters. The number of guanidine groups is 1. The Morgan fingerprint density at radius 1 is 1.11 bits per heavy atom. The van der Waals surface area contributed by atoms with E-state index in [0.717, 1.165) is 43.3 Å². The fraction of sp³-hybridized carbons (Fsp3) is 0.364. The molecular formula is C22H29N5O. The number of likely N-dealkylation sites (N-methyl/N-ethyl adjacent to an activating group) is 1. The third-order valence-electron chi connectivity index (χ3n) is 4.94. The summed E-state index contributed by atoms with van der Waals surface area (Å²) >= 11 is 0. The fourth-order valence-electron chi connectivity index (χ4n) is 3.27. The van der Waals surface area contributed by atoms with Crippen LogP contribution < -0.4 is 20.4 Å². The summed E-state index contributed by atoms with van der Waals surface area (Å²) in [5.74, 6) is 0.996. The highest BCUT2D eigenvalue weighted by atomic mass is 16.2. The molecule has 1 aliphatic rings. The smallest absolute Gasteiger partial charge is 0.227 e. The van der Waals surface area contributed by atoms with Crippen molar-refractivity contribution in [3.8, 4) is 0 Å². The summed E-state index contributed by atoms with van der Waals surface area (Å²) in [6.45, 7) is 3.18. The molecule has 3 rings (SSSR count). The number of benzene rings is 2. The van der Waals surface area contributed by atoms with Gasteiger partial charge in [0.15, 0.2) is 5.96 Å². The minimum Gasteiger partial charge on any atom is -0.373 e. The van der Waals surface area contributed by atoms with Crippen LogP contribution in [0, 0.1) is 0 Å². The number of carbonyl (C=O) groups excluding carboxylic acids is 1. The van der Waals surface area contributed by atoms with Gasteiger partial charge in [0, 0.05) is 58.1 Å². The number of aliphatic imine (C=N–C) groups is 1. The van der Waals surface area contributed by atoms with Crippen molar-refractivity contribution in [1.29, 1.82) is 0 Å². The van der Waals surface area contributed by atoms with E-state index in [4.69, 9.17) is 0 Å². The first-order valence-corrected chi connectivity index (χ1v) is 9.77. The summed E-state index contributed by atoms with van der Waals surface area (Å²) in [7, 11) is 3.86. The second-order valence-corrected chi connectivity index (χ2v) is 6.93. The zero-order chi connectivity index (χ0) is 19.8. The van der Waals surface area contributed by atoms with Crippen molar-refractivity contribution in [2.75, 3.05) is 43.5 Å². The molecule has 0 aliphatic carbocycles. The lowest BCUT2D eigenvalue weighted by Gasteiger charge is -2.20. The summed E-state index contributed by atoms with van der Waals surface area (Å²) in [6, 6.07) is 18.5. The third-order valence-corrected chi connectivity index (χ3v) is 4.94. The van der Waals surface area contributed by atoms with Gasteiger partial charge in [-0.2, -0.15) is 0 Å². The van der Waals surface area contributed by atoms with E-state index >= 15 is 0 Å². The minimum absolute atomic E-state index is 0.218. The van der Waals surface area contributed by atoms with Crippen molar-refractivity contribution in [2.45, 2.75) is 19.4 Å². The van der Waals surface area contributed by atoms with Gasteiger partial charge in [-0.3, -0.25) is 9.79 Å². The van der Waals surface area contributed by atoms with Crippen LogP contribution in [0.25, 0.3) is 0 Å². The highest BCUT2D eigenvalue weighted by Gasteiger charge is 2.21. The van der Waals surface area contributed by atoms with Crippen molar-refractivity contribution in [3.63, 3.8) is 0 Å². The van der Waals surface area contributed by atoms with Crippen LogP contribution in [0.2, 0.25) is 0 Å². The van der Waals surface area contributed by atoms with Gasteiger partial charge >= 0.3 is 0 Å². The average molecular weight is 380 g/mol. The van der Waals surface area contributed by atoms with Crippen molar-refractivity contribution in [1.82, 2.24) is 10.6 Å². The standard InChI is InChI=1S/C22H29N5O/c1-23-22(24-14-16-26(2)19-7-4-3-5-8-19)25-17-18-10-12-20(13-11-18)27-15-6-9-21(27)28/h3-5,7-8,10-13H,6,9,14-17H2,1-2H3,(H2,23,24,25). The summed E-state index contributed by atoms with van der Waals surface area (Å²) in [5, 5.41) is 6.68. The number of amides is 1. The quantitative estimate of drug-likeness (QED) is 0.574. The van der Waals surface area contributed by atoms with Gasteiger partial charge in [0.05, 0.1) is 0 Å². The van der Waals surface area contributed by atoms with Gasteiger partial charge < -0.3 is 20.4 Å². The summed E-state index contributed by atoms with van der Waals surface area (Å²) in [6.07, 6.45) is 1.61. The van der Waals surface area contributed by atoms with E-state index in [-0.39, 0.29) is 5.91 Å². The van der Waals surface area contributed by atoms with Gasteiger partial charge in [-0.25, -0.2) is 0 Å². The molecule has 148 valence electrons. The van der Waals surface area contributed by atoms with Gasteiger partial charge in [-0.1, -0.05) is 30.3 Å². The molecule has 0 aromatic heterocycles. The topological polar surface area (TPSA) is 60.0 Å². The van der Waals surface area contributed by atoms with Crippen LogP contribution in [-0.2, 0) is 11.3 Å². The molecule has 0 bridgehead atoms. The van der Waals surface area contributed by atoms with E-state index in [1.54, 1.807) is 7.05 Å². The van der Waals surface area contributed by atoms with Gasteiger partial charge in [0.2, 0.25) is 5.91 Å². The normalized spacial score (nSPS) is 14.3. The number of nitrogens with one attached hydrogen (secondary N) is 2. The predicted octanol–water partition coefficient (Wildman–Crippen LogP) is 2.61. The number of hydrogen-bond acceptors (Lipinski definition) is 3. The van der Waals surface area contributed by atoms with E-state index in [0.29, 0.717) is 13.0 Å². The number of hydrogen-bond donors (Lipinski definition) is 2. The van der Waals surface area contributed by atoms with Crippen molar-refractivity contribution < 1.29 is 4.79 Å². The molecule has 0 radical (unpaired) electrons. The second-order valence-electron chi connectivity index (χ2n) is 6.93. The Morgan fingerprint density at radius 3 is 2.50 bits per heavy atom. The van der Waals surface area contributed by atoms with Crippen LogP contribution in [0.15, 0.2) is 59.6 Å². The fourth-order valence-corrected chi connectivity index (χ4v) is 3.27. The van der Waals surface area contributed by atoms with Crippen LogP contribution in [0.5, 0.6) is 0 Å². The first-order chi connectivity index (χ1) is 13.7. The number of carbonyl (C=O) groups is 1. The van der Waals surface area contributed by atoms with Gasteiger partial charge in [-0.05, 0) is 36.2 Å². The number of nitrogens with zero attached hydrogens (tertiary/aromatic N) is 3. The van der Waals surface area contributed by atoms with Gasteiger partial charge in [0.1, 0.15) is 0 Å². The molecule has 1 aliphatic heterocycles. The van der Waals surface area contributed by atoms with Crippen LogP contribution >= 0.6 is 0 Å². The SMILES string of the molecule is CN=C(NCCN(C)c1ccccc1)NCc1ccc(N2CCCC2=O)cc1. The lowest BCUT2D eigenvalue weighted by molar-refractivity contribution is -0.117. The molecule has 2 N–H and O–H groups in total. The second kappa shape index (κ2) is 9.78. The molecule has 1 fully saturated rings. The van der Waals surface area contributed by atoms with E-state index in [1.165, 1.54) is 5.69 Å². The zero-order valence-corrected chi connectivity index (χ0v) is 16.7. The first-order valence-electron chi connectivity index (χ1n) is 9.77. The highest BCUT2D eigenvalue weighted by molar-refractivity contribution is 5.95. The maximum absolute atomic E-state index is 11.8. The molecule has 1 amide bonds. The largest absolute Gasteiger partial charge is 0.373 e. The van der Waals surface area contributed by atoms with Crippen molar-refractivity contribution in [3.05, 3.63) is 60.2 Å². The van der Waals surface area contributed by atoms with Crippen LogP contribution in [0.1, 0.15) is 18.4 Å². The van der Waals surface area contributed by atoms with E-state index in [2.05, 4.69) is 51.8 Å². The molecule has 1 heterocycles. The summed E-state index contributed by atoms with van der Waals surface area (Å²) < 4.78 is 0. The van der Waals surface area contributed by atoms with Gasteiger partial charge in [-0.15, -0.1) is 0 Å². The molecule has 2 aromatic rings. The average Bonchev–Trinajstić information content (AvgIpc) is 3.17. The zero-order valence-electron chi connectivity index (χ0n) is 16.7. The number of rotatable bonds is 7. The monoisotopic (exact) mass is 379 g/mol. The van der Waals surface area contributed by atoms with Crippen LogP contribution in [-0.4, -0.2) is 45.6 Å². The van der Waals surface area contributed by atoms with E-state index < -0.39 is 0 Å². The van der Waals surface area contributed by atoms with Crippen molar-refractivity contribution in [2.24, 2.45) is 4.99 Å². The lowest BCUT2D eigenvalue weighted by Crippen LogP contribution is -2.40. The minimum atomic E-state index is 0.218. The molecule has 0 spiro atoms. The molecule has 0 unspecified atom stereocenters. The Morgan fingerprint density at radius 2 is 1.86 bits per heavy atom. The Bertz CT molecular complexity index is 788. The number of para-hydroxylation sites is 1. The Hall–Kier alpha value is -3.02. The van der Waals surface area contributed by atoms with Crippen LogP contribution in [0.4, 0.5) is 11.4 Å². The molecule has 6 nitrogen and oxygen atoms in total. The molecular weight excluding hydrogens is 350 g/mol. The third kappa shape index (κ3) is 5.25. The summed E-state index contributed by atoms with van der Waals surface area (Å²) in [5.41, 5.74) is 3.33. The summed E-state index contributed by atoms with van der Waals surface area (Å²) in [4.78, 5) is 20.2. The van der Waals surface area contributed by atoms with Gasteiger partial charge in [0.25, 0.3) is 0 Å². The van der Waals surface area contributed by atoms with Crippen LogP contribution in [0.3, 0.4) is 0 Å². The van der Waals surface area contributed by atoms with E-state index in [9.17, 15) is 4.79 Å². The Kier molecular flexibility index (Phi) is 6.89. The lowest BCUT2D eigenvalue weighted by atomic mass is 10.2. The number of anilines is 2. The Labute approximate surface area is 167 Å². The molecule has 28 heavy (non-hydrogen) atoms. The Balaban J connectivity index is 1.43. The van der Waals surface area contributed by atoms with E-state index in [1.807, 2.05) is 35.2 Å². The van der Waals surface area contributed by atoms with Crippen molar-refractivity contribution >= 4 is 23.2 Å². The maximum Gasteiger partial charge on any atom is 0.227 e. The molecule has 1 saturated heterocycles. The predicted molar refractivity (Wildman–Crippen MR) is 116 cm³/mol. The highest BCUT2D eigenvalue weighted by Crippen LogP contribution is 2.21.